The van der Waals surface area contributed by atoms with Crippen LogP contribution in [0.4, 0.5) is 0 Å². The van der Waals surface area contributed by atoms with E-state index >= 15 is 0 Å². The first-order valence-electron chi connectivity index (χ1n) is 7.61. The molecule has 1 saturated heterocycles. The number of halogens is 1. The summed E-state index contributed by atoms with van der Waals surface area (Å²) in [5.41, 5.74) is 1.18. The summed E-state index contributed by atoms with van der Waals surface area (Å²) in [5, 5.41) is 3.57. The maximum atomic E-state index is 5.88. The summed E-state index contributed by atoms with van der Waals surface area (Å²) < 4.78 is 18.0. The number of rotatable bonds is 7. The van der Waals surface area contributed by atoms with Gasteiger partial charge in [0.05, 0.1) is 32.5 Å². The molecule has 0 amide bonds. The molecule has 1 heterocycles. The van der Waals surface area contributed by atoms with Crippen LogP contribution in [0.15, 0.2) is 22.7 Å². The second-order valence-electron chi connectivity index (χ2n) is 5.03. The molecule has 1 fully saturated rings. The minimum absolute atomic E-state index is 0.0412. The van der Waals surface area contributed by atoms with Crippen LogP contribution in [0.3, 0.4) is 0 Å². The summed E-state index contributed by atoms with van der Waals surface area (Å²) in [6, 6.07) is 6.24. The van der Waals surface area contributed by atoms with Crippen LogP contribution < -0.4 is 10.1 Å². The highest BCUT2D eigenvalue weighted by Crippen LogP contribution is 2.31. The van der Waals surface area contributed by atoms with Crippen molar-refractivity contribution in [2.45, 2.75) is 32.4 Å². The Balaban J connectivity index is 2.18. The maximum absolute atomic E-state index is 5.88. The molecular formula is C16H24BrNO3. The fourth-order valence-electron chi connectivity index (χ4n) is 2.46. The zero-order valence-corrected chi connectivity index (χ0v) is 14.3. The van der Waals surface area contributed by atoms with E-state index in [1.807, 2.05) is 19.1 Å². The van der Waals surface area contributed by atoms with Gasteiger partial charge >= 0.3 is 0 Å². The second-order valence-corrected chi connectivity index (χ2v) is 5.89. The average molecular weight is 358 g/mol. The first kappa shape index (κ1) is 16.7. The SMILES string of the molecule is CCCNC(c1ccc(OCC)cc1Br)C1COCCO1. The molecule has 2 rings (SSSR count). The third-order valence-electron chi connectivity index (χ3n) is 3.45. The van der Waals surface area contributed by atoms with Crippen molar-refractivity contribution in [1.29, 1.82) is 0 Å². The van der Waals surface area contributed by atoms with Crippen molar-refractivity contribution in [3.05, 3.63) is 28.2 Å². The standard InChI is InChI=1S/C16H24BrNO3/c1-3-7-18-16(15-11-19-8-9-21-15)13-6-5-12(20-4-2)10-14(13)17/h5-6,10,15-16,18H,3-4,7-9,11H2,1-2H3. The topological polar surface area (TPSA) is 39.7 Å². The van der Waals surface area contributed by atoms with Gasteiger partial charge in [0, 0.05) is 4.47 Å². The molecular weight excluding hydrogens is 334 g/mol. The van der Waals surface area contributed by atoms with Gasteiger partial charge in [-0.25, -0.2) is 0 Å². The highest BCUT2D eigenvalue weighted by atomic mass is 79.9. The van der Waals surface area contributed by atoms with Crippen LogP contribution in [-0.4, -0.2) is 39.1 Å². The van der Waals surface area contributed by atoms with Gasteiger partial charge < -0.3 is 19.5 Å². The van der Waals surface area contributed by atoms with E-state index in [4.69, 9.17) is 14.2 Å². The smallest absolute Gasteiger partial charge is 0.120 e. The molecule has 0 saturated carbocycles. The molecule has 21 heavy (non-hydrogen) atoms. The summed E-state index contributed by atoms with van der Waals surface area (Å²) in [5.74, 6) is 0.878. The van der Waals surface area contributed by atoms with Gasteiger partial charge in [0.15, 0.2) is 0 Å². The number of hydrogen-bond donors (Lipinski definition) is 1. The molecule has 0 aromatic heterocycles. The number of ether oxygens (including phenoxy) is 3. The lowest BCUT2D eigenvalue weighted by Gasteiger charge is -2.32. The predicted molar refractivity (Wildman–Crippen MR) is 86.9 cm³/mol. The van der Waals surface area contributed by atoms with Gasteiger partial charge in [0.1, 0.15) is 11.9 Å². The monoisotopic (exact) mass is 357 g/mol. The number of hydrogen-bond acceptors (Lipinski definition) is 4. The molecule has 0 bridgehead atoms. The lowest BCUT2D eigenvalue weighted by Crippen LogP contribution is -2.41. The highest BCUT2D eigenvalue weighted by Gasteiger charge is 2.27. The van der Waals surface area contributed by atoms with Gasteiger partial charge in [-0.2, -0.15) is 0 Å². The number of benzene rings is 1. The number of nitrogens with one attached hydrogen (secondary N) is 1. The molecule has 1 aliphatic heterocycles. The van der Waals surface area contributed by atoms with Crippen LogP contribution in [0.1, 0.15) is 31.9 Å². The fraction of sp³-hybridized carbons (Fsp3) is 0.625. The van der Waals surface area contributed by atoms with Crippen molar-refractivity contribution in [1.82, 2.24) is 5.32 Å². The molecule has 0 radical (unpaired) electrons. The van der Waals surface area contributed by atoms with E-state index in [0.717, 1.165) is 23.2 Å². The van der Waals surface area contributed by atoms with E-state index in [-0.39, 0.29) is 12.1 Å². The maximum Gasteiger partial charge on any atom is 0.120 e. The average Bonchev–Trinajstić information content (AvgIpc) is 2.51. The van der Waals surface area contributed by atoms with Crippen molar-refractivity contribution in [2.24, 2.45) is 0 Å². The third-order valence-corrected chi connectivity index (χ3v) is 4.13. The molecule has 2 atom stereocenters. The van der Waals surface area contributed by atoms with Gasteiger partial charge in [0.2, 0.25) is 0 Å². The van der Waals surface area contributed by atoms with Crippen LogP contribution in [0.25, 0.3) is 0 Å². The summed E-state index contributed by atoms with van der Waals surface area (Å²) in [6.07, 6.45) is 1.12. The van der Waals surface area contributed by atoms with Crippen LogP contribution in [-0.2, 0) is 9.47 Å². The Morgan fingerprint density at radius 2 is 2.24 bits per heavy atom. The summed E-state index contributed by atoms with van der Waals surface area (Å²) in [7, 11) is 0. The van der Waals surface area contributed by atoms with Crippen LogP contribution in [0, 0.1) is 0 Å². The zero-order valence-electron chi connectivity index (χ0n) is 12.7. The van der Waals surface area contributed by atoms with E-state index in [0.29, 0.717) is 26.4 Å². The van der Waals surface area contributed by atoms with Gasteiger partial charge in [-0.1, -0.05) is 28.9 Å². The highest BCUT2D eigenvalue weighted by molar-refractivity contribution is 9.10. The Morgan fingerprint density at radius 3 is 2.86 bits per heavy atom. The molecule has 2 unspecified atom stereocenters. The Hall–Kier alpha value is -0.620. The first-order valence-corrected chi connectivity index (χ1v) is 8.40. The largest absolute Gasteiger partial charge is 0.494 e. The summed E-state index contributed by atoms with van der Waals surface area (Å²) in [6.45, 7) is 7.73. The Kier molecular flexibility index (Phi) is 6.96. The Morgan fingerprint density at radius 1 is 1.38 bits per heavy atom. The van der Waals surface area contributed by atoms with Gasteiger partial charge in [0.25, 0.3) is 0 Å². The van der Waals surface area contributed by atoms with Gasteiger partial charge in [-0.3, -0.25) is 0 Å². The van der Waals surface area contributed by atoms with Crippen molar-refractivity contribution >= 4 is 15.9 Å². The first-order chi connectivity index (χ1) is 10.3. The third kappa shape index (κ3) is 4.68. The van der Waals surface area contributed by atoms with Crippen LogP contribution in [0.2, 0.25) is 0 Å². The molecule has 0 aliphatic carbocycles. The van der Waals surface area contributed by atoms with E-state index in [2.05, 4.69) is 34.2 Å². The molecule has 1 N–H and O–H groups in total. The molecule has 0 spiro atoms. The molecule has 5 heteroatoms. The van der Waals surface area contributed by atoms with Gasteiger partial charge in [-0.05, 0) is 37.6 Å². The van der Waals surface area contributed by atoms with Crippen molar-refractivity contribution in [2.75, 3.05) is 33.0 Å². The summed E-state index contributed by atoms with van der Waals surface area (Å²) in [4.78, 5) is 0. The van der Waals surface area contributed by atoms with Crippen molar-refractivity contribution in [3.8, 4) is 5.75 Å². The molecule has 1 aliphatic rings. The molecule has 1 aromatic rings. The predicted octanol–water partition coefficient (Wildman–Crippen LogP) is 3.30. The van der Waals surface area contributed by atoms with Gasteiger partial charge in [-0.15, -0.1) is 0 Å². The normalized spacial score (nSPS) is 20.2. The van der Waals surface area contributed by atoms with E-state index in [1.165, 1.54) is 5.56 Å². The molecule has 1 aromatic carbocycles. The minimum atomic E-state index is 0.0412. The Bertz CT molecular complexity index is 436. The van der Waals surface area contributed by atoms with E-state index < -0.39 is 0 Å². The molecule has 4 nitrogen and oxygen atoms in total. The van der Waals surface area contributed by atoms with E-state index in [9.17, 15) is 0 Å². The van der Waals surface area contributed by atoms with Crippen LogP contribution in [0.5, 0.6) is 5.75 Å². The minimum Gasteiger partial charge on any atom is -0.494 e. The zero-order chi connectivity index (χ0) is 15.1. The summed E-state index contributed by atoms with van der Waals surface area (Å²) >= 11 is 3.66. The lowest BCUT2D eigenvalue weighted by molar-refractivity contribution is -0.102. The molecule has 118 valence electrons. The Labute approximate surface area is 135 Å². The van der Waals surface area contributed by atoms with Crippen molar-refractivity contribution < 1.29 is 14.2 Å². The quantitative estimate of drug-likeness (QED) is 0.812. The second kappa shape index (κ2) is 8.73. The van der Waals surface area contributed by atoms with Crippen molar-refractivity contribution in [3.63, 3.8) is 0 Å². The van der Waals surface area contributed by atoms with Crippen LogP contribution >= 0.6 is 15.9 Å². The lowest BCUT2D eigenvalue weighted by atomic mass is 10.0. The fourth-order valence-corrected chi connectivity index (χ4v) is 3.06. The van der Waals surface area contributed by atoms with E-state index in [1.54, 1.807) is 0 Å².